The van der Waals surface area contributed by atoms with E-state index in [-0.39, 0.29) is 6.10 Å². The van der Waals surface area contributed by atoms with Gasteiger partial charge in [0.25, 0.3) is 0 Å². The van der Waals surface area contributed by atoms with Gasteiger partial charge in [-0.1, -0.05) is 23.8 Å². The van der Waals surface area contributed by atoms with E-state index in [2.05, 4.69) is 37.4 Å². The Morgan fingerprint density at radius 3 is 2.57 bits per heavy atom. The van der Waals surface area contributed by atoms with Crippen LogP contribution in [-0.2, 0) is 4.74 Å². The van der Waals surface area contributed by atoms with Gasteiger partial charge in [-0.25, -0.2) is 0 Å². The van der Waals surface area contributed by atoms with Crippen LogP contribution in [0.25, 0.3) is 0 Å². The van der Waals surface area contributed by atoms with Crippen LogP contribution >= 0.6 is 0 Å². The van der Waals surface area contributed by atoms with Crippen molar-refractivity contribution >= 4 is 0 Å². The molecule has 0 fully saturated rings. The van der Waals surface area contributed by atoms with Crippen molar-refractivity contribution < 1.29 is 4.74 Å². The van der Waals surface area contributed by atoms with E-state index in [1.54, 1.807) is 7.11 Å². The first-order valence-corrected chi connectivity index (χ1v) is 4.93. The van der Waals surface area contributed by atoms with Crippen molar-refractivity contribution in [3.8, 4) is 0 Å². The molecule has 2 heteroatoms. The van der Waals surface area contributed by atoms with E-state index in [1.165, 1.54) is 16.7 Å². The van der Waals surface area contributed by atoms with Crippen LogP contribution in [-0.4, -0.2) is 20.7 Å². The Hall–Kier alpha value is -0.860. The highest BCUT2D eigenvalue weighted by atomic mass is 16.5. The van der Waals surface area contributed by atoms with Crippen molar-refractivity contribution in [1.82, 2.24) is 5.32 Å². The fraction of sp³-hybridized carbons (Fsp3) is 0.500. The predicted molar refractivity (Wildman–Crippen MR) is 59.6 cm³/mol. The molecule has 1 aromatic carbocycles. The van der Waals surface area contributed by atoms with Gasteiger partial charge in [-0.15, -0.1) is 0 Å². The maximum atomic E-state index is 5.43. The van der Waals surface area contributed by atoms with E-state index in [0.717, 1.165) is 6.54 Å². The summed E-state index contributed by atoms with van der Waals surface area (Å²) in [5.41, 5.74) is 3.87. The van der Waals surface area contributed by atoms with Crippen LogP contribution in [0.1, 0.15) is 22.8 Å². The van der Waals surface area contributed by atoms with E-state index < -0.39 is 0 Å². The molecule has 0 radical (unpaired) electrons. The van der Waals surface area contributed by atoms with Crippen LogP contribution < -0.4 is 5.32 Å². The Balaban J connectivity index is 2.92. The van der Waals surface area contributed by atoms with Crippen LogP contribution in [0.5, 0.6) is 0 Å². The molecule has 0 aromatic heterocycles. The molecule has 0 amide bonds. The van der Waals surface area contributed by atoms with Gasteiger partial charge in [0.2, 0.25) is 0 Å². The first-order valence-electron chi connectivity index (χ1n) is 4.93. The van der Waals surface area contributed by atoms with Crippen molar-refractivity contribution in [3.05, 3.63) is 34.9 Å². The lowest BCUT2D eigenvalue weighted by Crippen LogP contribution is -2.19. The monoisotopic (exact) mass is 193 g/mol. The minimum atomic E-state index is 0.153. The molecule has 1 unspecified atom stereocenters. The van der Waals surface area contributed by atoms with Crippen molar-refractivity contribution in [2.24, 2.45) is 0 Å². The number of benzene rings is 1. The lowest BCUT2D eigenvalue weighted by atomic mass is 10.0. The van der Waals surface area contributed by atoms with E-state index in [9.17, 15) is 0 Å². The second kappa shape index (κ2) is 5.13. The zero-order valence-electron chi connectivity index (χ0n) is 9.42. The number of hydrogen-bond acceptors (Lipinski definition) is 2. The van der Waals surface area contributed by atoms with Gasteiger partial charge >= 0.3 is 0 Å². The third kappa shape index (κ3) is 2.56. The van der Waals surface area contributed by atoms with Gasteiger partial charge in [-0.3, -0.25) is 0 Å². The Kier molecular flexibility index (Phi) is 4.11. The van der Waals surface area contributed by atoms with Crippen LogP contribution in [0.3, 0.4) is 0 Å². The van der Waals surface area contributed by atoms with Crippen LogP contribution in [0.2, 0.25) is 0 Å². The van der Waals surface area contributed by atoms with E-state index in [0.29, 0.717) is 0 Å². The molecule has 0 saturated heterocycles. The van der Waals surface area contributed by atoms with Gasteiger partial charge in [-0.05, 0) is 32.0 Å². The number of aryl methyl sites for hydroxylation is 2. The van der Waals surface area contributed by atoms with Gasteiger partial charge < -0.3 is 10.1 Å². The van der Waals surface area contributed by atoms with Crippen molar-refractivity contribution in [3.63, 3.8) is 0 Å². The van der Waals surface area contributed by atoms with Gasteiger partial charge in [0.15, 0.2) is 0 Å². The summed E-state index contributed by atoms with van der Waals surface area (Å²) >= 11 is 0. The topological polar surface area (TPSA) is 21.3 Å². The van der Waals surface area contributed by atoms with Gasteiger partial charge in [0, 0.05) is 13.7 Å². The zero-order chi connectivity index (χ0) is 10.6. The van der Waals surface area contributed by atoms with Crippen LogP contribution in [0.15, 0.2) is 18.2 Å². The first-order chi connectivity index (χ1) is 6.69. The van der Waals surface area contributed by atoms with Gasteiger partial charge in [0.05, 0.1) is 6.10 Å². The molecule has 1 aromatic rings. The third-order valence-corrected chi connectivity index (χ3v) is 2.45. The number of hydrogen-bond donors (Lipinski definition) is 1. The Morgan fingerprint density at radius 1 is 1.36 bits per heavy atom. The normalized spacial score (nSPS) is 12.9. The van der Waals surface area contributed by atoms with Crippen molar-refractivity contribution in [2.45, 2.75) is 20.0 Å². The Bertz CT molecular complexity index is 296. The summed E-state index contributed by atoms with van der Waals surface area (Å²) in [6, 6.07) is 6.47. The lowest BCUT2D eigenvalue weighted by Gasteiger charge is -2.17. The molecule has 0 heterocycles. The molecular weight excluding hydrogens is 174 g/mol. The Labute approximate surface area is 86.3 Å². The molecule has 0 bridgehead atoms. The zero-order valence-corrected chi connectivity index (χ0v) is 9.42. The summed E-state index contributed by atoms with van der Waals surface area (Å²) in [5, 5.41) is 3.13. The molecule has 0 saturated carbocycles. The number of methoxy groups -OCH3 is 1. The fourth-order valence-electron chi connectivity index (χ4n) is 1.69. The van der Waals surface area contributed by atoms with Gasteiger partial charge in [0.1, 0.15) is 0 Å². The standard InChI is InChI=1S/C12H19NO/c1-9-5-6-11(10(2)7-9)12(14-4)8-13-3/h5-7,12-13H,8H2,1-4H3. The summed E-state index contributed by atoms with van der Waals surface area (Å²) < 4.78 is 5.43. The third-order valence-electron chi connectivity index (χ3n) is 2.45. The molecule has 2 nitrogen and oxygen atoms in total. The highest BCUT2D eigenvalue weighted by molar-refractivity contribution is 5.32. The molecule has 1 atom stereocenters. The van der Waals surface area contributed by atoms with E-state index >= 15 is 0 Å². The second-order valence-electron chi connectivity index (χ2n) is 3.64. The molecule has 1 rings (SSSR count). The van der Waals surface area contributed by atoms with Crippen LogP contribution in [0, 0.1) is 13.8 Å². The quantitative estimate of drug-likeness (QED) is 0.791. The minimum Gasteiger partial charge on any atom is -0.375 e. The molecule has 0 aliphatic heterocycles. The molecule has 14 heavy (non-hydrogen) atoms. The maximum absolute atomic E-state index is 5.43. The molecule has 0 aliphatic rings. The average molecular weight is 193 g/mol. The molecule has 78 valence electrons. The molecule has 0 aliphatic carbocycles. The largest absolute Gasteiger partial charge is 0.375 e. The predicted octanol–water partition coefficient (Wildman–Crippen LogP) is 2.21. The Morgan fingerprint density at radius 2 is 2.07 bits per heavy atom. The van der Waals surface area contributed by atoms with Crippen LogP contribution in [0.4, 0.5) is 0 Å². The summed E-state index contributed by atoms with van der Waals surface area (Å²) in [6.07, 6.45) is 0.153. The first kappa shape index (κ1) is 11.2. The highest BCUT2D eigenvalue weighted by Crippen LogP contribution is 2.20. The number of rotatable bonds is 4. The minimum absolute atomic E-state index is 0.153. The molecular formula is C12H19NO. The maximum Gasteiger partial charge on any atom is 0.0947 e. The smallest absolute Gasteiger partial charge is 0.0947 e. The second-order valence-corrected chi connectivity index (χ2v) is 3.64. The molecule has 0 spiro atoms. The van der Waals surface area contributed by atoms with E-state index in [1.807, 2.05) is 7.05 Å². The fourth-order valence-corrected chi connectivity index (χ4v) is 1.69. The number of ether oxygens (including phenoxy) is 1. The summed E-state index contributed by atoms with van der Waals surface area (Å²) in [4.78, 5) is 0. The number of likely N-dealkylation sites (N-methyl/N-ethyl adjacent to an activating group) is 1. The number of nitrogens with one attached hydrogen (secondary N) is 1. The van der Waals surface area contributed by atoms with Gasteiger partial charge in [-0.2, -0.15) is 0 Å². The van der Waals surface area contributed by atoms with Crippen molar-refractivity contribution in [1.29, 1.82) is 0 Å². The SMILES string of the molecule is CNCC(OC)c1ccc(C)cc1C. The van der Waals surface area contributed by atoms with E-state index in [4.69, 9.17) is 4.74 Å². The molecule has 1 N–H and O–H groups in total. The summed E-state index contributed by atoms with van der Waals surface area (Å²) in [5.74, 6) is 0. The lowest BCUT2D eigenvalue weighted by molar-refractivity contribution is 0.104. The summed E-state index contributed by atoms with van der Waals surface area (Å²) in [7, 11) is 3.69. The highest BCUT2D eigenvalue weighted by Gasteiger charge is 2.11. The summed E-state index contributed by atoms with van der Waals surface area (Å²) in [6.45, 7) is 5.08. The van der Waals surface area contributed by atoms with Crippen molar-refractivity contribution in [2.75, 3.05) is 20.7 Å². The average Bonchev–Trinajstić information content (AvgIpc) is 2.15.